The predicted molar refractivity (Wildman–Crippen MR) is 73.6 cm³/mol. The van der Waals surface area contributed by atoms with Gasteiger partial charge < -0.3 is 9.84 Å². The van der Waals surface area contributed by atoms with Crippen LogP contribution in [0, 0.1) is 5.82 Å². The monoisotopic (exact) mass is 311 g/mol. The molecule has 0 spiro atoms. The summed E-state index contributed by atoms with van der Waals surface area (Å²) in [4.78, 5) is 4.11. The summed E-state index contributed by atoms with van der Waals surface area (Å²) in [5, 5.41) is 6.80. The molecule has 1 atom stereocenters. The maximum Gasteiger partial charge on any atom is 0.240 e. The molecule has 1 unspecified atom stereocenters. The smallest absolute Gasteiger partial charge is 0.240 e. The van der Waals surface area contributed by atoms with Crippen LogP contribution in [-0.4, -0.2) is 36.1 Å². The van der Waals surface area contributed by atoms with Crippen molar-refractivity contribution in [1.82, 2.24) is 15.5 Å². The molecule has 6 nitrogen and oxygen atoms in total. The van der Waals surface area contributed by atoms with E-state index in [-0.39, 0.29) is 35.5 Å². The van der Waals surface area contributed by atoms with Crippen molar-refractivity contribution in [1.29, 1.82) is 0 Å². The Hall–Kier alpha value is -1.80. The molecule has 0 radical (unpaired) electrons. The van der Waals surface area contributed by atoms with E-state index in [9.17, 15) is 12.8 Å². The van der Waals surface area contributed by atoms with E-state index >= 15 is 0 Å². The Morgan fingerprint density at radius 3 is 2.90 bits per heavy atom. The Bertz CT molecular complexity index is 745. The molecule has 1 aromatic heterocycles. The number of rotatable bonds is 4. The van der Waals surface area contributed by atoms with E-state index in [2.05, 4.69) is 15.5 Å². The number of aromatic nitrogens is 2. The quantitative estimate of drug-likeness (QED) is 0.912. The van der Waals surface area contributed by atoms with Gasteiger partial charge in [0.15, 0.2) is 9.84 Å². The van der Waals surface area contributed by atoms with Gasteiger partial charge in [0.05, 0.1) is 23.6 Å². The maximum absolute atomic E-state index is 13.6. The first-order chi connectivity index (χ1) is 10.0. The van der Waals surface area contributed by atoms with Crippen molar-refractivity contribution in [2.75, 3.05) is 11.5 Å². The first kappa shape index (κ1) is 14.2. The average Bonchev–Trinajstić information content (AvgIpc) is 3.03. The van der Waals surface area contributed by atoms with Gasteiger partial charge in [-0.3, -0.25) is 0 Å². The van der Waals surface area contributed by atoms with Gasteiger partial charge in [-0.25, -0.2) is 12.8 Å². The van der Waals surface area contributed by atoms with E-state index in [4.69, 9.17) is 4.52 Å². The van der Waals surface area contributed by atoms with Crippen LogP contribution in [0.5, 0.6) is 0 Å². The zero-order valence-corrected chi connectivity index (χ0v) is 11.9. The fourth-order valence-corrected chi connectivity index (χ4v) is 3.97. The van der Waals surface area contributed by atoms with Crippen molar-refractivity contribution in [3.63, 3.8) is 0 Å². The first-order valence-corrected chi connectivity index (χ1v) is 8.37. The number of halogens is 1. The van der Waals surface area contributed by atoms with Crippen molar-refractivity contribution >= 4 is 9.84 Å². The van der Waals surface area contributed by atoms with Gasteiger partial charge in [-0.2, -0.15) is 4.98 Å². The molecule has 0 bridgehead atoms. The molecule has 0 saturated carbocycles. The number of benzene rings is 1. The normalized spacial score (nSPS) is 20.7. The summed E-state index contributed by atoms with van der Waals surface area (Å²) < 4.78 is 41.3. The fraction of sp³-hybridized carbons (Fsp3) is 0.385. The molecule has 0 aliphatic carbocycles. The zero-order chi connectivity index (χ0) is 14.9. The van der Waals surface area contributed by atoms with Crippen LogP contribution in [0.15, 0.2) is 28.8 Å². The number of sulfone groups is 1. The third-order valence-electron chi connectivity index (χ3n) is 3.36. The fourth-order valence-electron chi connectivity index (χ4n) is 2.27. The Morgan fingerprint density at radius 2 is 2.19 bits per heavy atom. The van der Waals surface area contributed by atoms with Crippen LogP contribution in [0.2, 0.25) is 0 Å². The van der Waals surface area contributed by atoms with Gasteiger partial charge in [0.1, 0.15) is 5.82 Å². The zero-order valence-electron chi connectivity index (χ0n) is 11.1. The molecule has 1 fully saturated rings. The van der Waals surface area contributed by atoms with Gasteiger partial charge in [-0.1, -0.05) is 17.3 Å². The number of nitrogens with one attached hydrogen (secondary N) is 1. The van der Waals surface area contributed by atoms with Crippen LogP contribution in [0.3, 0.4) is 0 Å². The van der Waals surface area contributed by atoms with Crippen molar-refractivity contribution in [3.05, 3.63) is 36.0 Å². The minimum absolute atomic E-state index is 0.0983. The topological polar surface area (TPSA) is 85.1 Å². The van der Waals surface area contributed by atoms with Crippen LogP contribution in [0.25, 0.3) is 11.4 Å². The van der Waals surface area contributed by atoms with Crippen molar-refractivity contribution in [2.24, 2.45) is 0 Å². The molecule has 1 aromatic carbocycles. The van der Waals surface area contributed by atoms with Crippen molar-refractivity contribution in [3.8, 4) is 11.4 Å². The molecular weight excluding hydrogens is 297 g/mol. The van der Waals surface area contributed by atoms with E-state index in [1.54, 1.807) is 18.2 Å². The van der Waals surface area contributed by atoms with Crippen LogP contribution in [0.1, 0.15) is 12.3 Å². The highest BCUT2D eigenvalue weighted by Gasteiger charge is 2.27. The molecular formula is C13H14FN3O3S. The van der Waals surface area contributed by atoms with E-state index in [0.717, 1.165) is 0 Å². The summed E-state index contributed by atoms with van der Waals surface area (Å²) in [7, 11) is -2.92. The molecule has 2 aromatic rings. The van der Waals surface area contributed by atoms with Crippen molar-refractivity contribution in [2.45, 2.75) is 19.0 Å². The lowest BCUT2D eigenvalue weighted by Crippen LogP contribution is -2.29. The van der Waals surface area contributed by atoms with E-state index in [0.29, 0.717) is 12.3 Å². The van der Waals surface area contributed by atoms with Gasteiger partial charge in [0.25, 0.3) is 0 Å². The highest BCUT2D eigenvalue weighted by Crippen LogP contribution is 2.19. The molecule has 1 aliphatic heterocycles. The van der Waals surface area contributed by atoms with Gasteiger partial charge >= 0.3 is 0 Å². The number of hydrogen-bond acceptors (Lipinski definition) is 6. The lowest BCUT2D eigenvalue weighted by molar-refractivity contribution is 0.360. The van der Waals surface area contributed by atoms with E-state index < -0.39 is 15.7 Å². The number of hydrogen-bond donors (Lipinski definition) is 1. The Labute approximate surface area is 121 Å². The van der Waals surface area contributed by atoms with Gasteiger partial charge in [-0.15, -0.1) is 0 Å². The third kappa shape index (κ3) is 3.27. The molecule has 1 N–H and O–H groups in total. The second kappa shape index (κ2) is 5.53. The van der Waals surface area contributed by atoms with Crippen LogP contribution < -0.4 is 5.32 Å². The maximum atomic E-state index is 13.6. The molecule has 2 heterocycles. The summed E-state index contributed by atoms with van der Waals surface area (Å²) >= 11 is 0. The van der Waals surface area contributed by atoms with Crippen LogP contribution in [-0.2, 0) is 16.4 Å². The van der Waals surface area contributed by atoms with Crippen LogP contribution in [0.4, 0.5) is 4.39 Å². The Morgan fingerprint density at radius 1 is 1.38 bits per heavy atom. The summed E-state index contributed by atoms with van der Waals surface area (Å²) in [5.41, 5.74) is 0.274. The second-order valence-corrected chi connectivity index (χ2v) is 7.20. The van der Waals surface area contributed by atoms with Gasteiger partial charge in [-0.05, 0) is 18.6 Å². The van der Waals surface area contributed by atoms with Crippen LogP contribution >= 0.6 is 0 Å². The predicted octanol–water partition coefficient (Wildman–Crippen LogP) is 1.15. The Balaban J connectivity index is 1.65. The largest absolute Gasteiger partial charge is 0.338 e. The summed E-state index contributed by atoms with van der Waals surface area (Å²) in [6.45, 7) is 0.266. The van der Waals surface area contributed by atoms with Crippen molar-refractivity contribution < 1.29 is 17.3 Å². The minimum Gasteiger partial charge on any atom is -0.338 e. The summed E-state index contributed by atoms with van der Waals surface area (Å²) in [5.74, 6) is 0.400. The highest BCUT2D eigenvalue weighted by molar-refractivity contribution is 7.91. The van der Waals surface area contributed by atoms with E-state index in [1.807, 2.05) is 0 Å². The van der Waals surface area contributed by atoms with Gasteiger partial charge in [0.2, 0.25) is 11.7 Å². The summed E-state index contributed by atoms with van der Waals surface area (Å²) in [6.07, 6.45) is 0.580. The standard InChI is InChI=1S/C13H14FN3O3S/c14-11-4-2-1-3-10(11)13-16-12(20-17-13)7-15-9-5-6-21(18,19)8-9/h1-4,9,15H,5-8H2. The minimum atomic E-state index is -2.92. The Kier molecular flexibility index (Phi) is 3.73. The summed E-state index contributed by atoms with van der Waals surface area (Å²) in [6, 6.07) is 6.07. The second-order valence-electron chi connectivity index (χ2n) is 4.97. The molecule has 21 heavy (non-hydrogen) atoms. The van der Waals surface area contributed by atoms with E-state index in [1.165, 1.54) is 6.07 Å². The van der Waals surface area contributed by atoms with Gasteiger partial charge in [0, 0.05) is 6.04 Å². The third-order valence-corrected chi connectivity index (χ3v) is 5.13. The first-order valence-electron chi connectivity index (χ1n) is 6.55. The molecule has 8 heteroatoms. The SMILES string of the molecule is O=S1(=O)CCC(NCc2nc(-c3ccccc3F)no2)C1. The number of nitrogens with zero attached hydrogens (tertiary/aromatic N) is 2. The average molecular weight is 311 g/mol. The molecule has 3 rings (SSSR count). The molecule has 0 amide bonds. The molecule has 1 saturated heterocycles. The lowest BCUT2D eigenvalue weighted by atomic mass is 10.2. The highest BCUT2D eigenvalue weighted by atomic mass is 32.2. The molecule has 1 aliphatic rings. The molecule has 112 valence electrons. The lowest BCUT2D eigenvalue weighted by Gasteiger charge is -2.07.